The van der Waals surface area contributed by atoms with Crippen molar-refractivity contribution in [3.8, 4) is 0 Å². The monoisotopic (exact) mass is 246 g/mol. The lowest BCUT2D eigenvalue weighted by Gasteiger charge is -2.32. The molecule has 2 rings (SSSR count). The summed E-state index contributed by atoms with van der Waals surface area (Å²) in [5, 5.41) is 3.29. The Hall–Kier alpha value is -1.02. The number of nitrogens with zero attached hydrogens (tertiary/aromatic N) is 1. The first-order chi connectivity index (χ1) is 8.76. The van der Waals surface area contributed by atoms with E-state index in [1.54, 1.807) is 0 Å². The Bertz CT molecular complexity index is 381. The van der Waals surface area contributed by atoms with Gasteiger partial charge in [0.2, 0.25) is 0 Å². The minimum Gasteiger partial charge on any atom is -0.369 e. The van der Waals surface area contributed by atoms with E-state index < -0.39 is 0 Å². The Morgan fingerprint density at radius 3 is 2.61 bits per heavy atom. The van der Waals surface area contributed by atoms with Crippen LogP contribution >= 0.6 is 0 Å². The van der Waals surface area contributed by atoms with Gasteiger partial charge in [0.15, 0.2) is 0 Å². The zero-order chi connectivity index (χ0) is 13.0. The average Bonchev–Trinajstić information content (AvgIpc) is 2.87. The number of aryl methyl sites for hydroxylation is 1. The molecular weight excluding hydrogens is 220 g/mol. The minimum atomic E-state index is 0.758. The molecule has 1 saturated carbocycles. The van der Waals surface area contributed by atoms with Gasteiger partial charge in [-0.3, -0.25) is 0 Å². The number of benzene rings is 1. The summed E-state index contributed by atoms with van der Waals surface area (Å²) in [4.78, 5) is 2.61. The van der Waals surface area contributed by atoms with Crippen LogP contribution in [0.3, 0.4) is 0 Å². The summed E-state index contributed by atoms with van der Waals surface area (Å²) in [6.07, 6.45) is 5.52. The normalized spacial score (nSPS) is 16.2. The molecule has 2 nitrogen and oxygen atoms in total. The highest BCUT2D eigenvalue weighted by molar-refractivity contribution is 5.56. The van der Waals surface area contributed by atoms with Crippen LogP contribution in [-0.2, 0) is 6.54 Å². The standard InChI is InChI=1S/C16H26N2/c1-4-18(15-7-5-6-8-15)16-10-9-13(2)11-14(16)12-17-3/h9-11,15,17H,4-8,12H2,1-3H3. The van der Waals surface area contributed by atoms with Crippen LogP contribution in [0.5, 0.6) is 0 Å². The zero-order valence-corrected chi connectivity index (χ0v) is 12.0. The third kappa shape index (κ3) is 2.86. The largest absolute Gasteiger partial charge is 0.369 e. The molecule has 0 amide bonds. The topological polar surface area (TPSA) is 15.3 Å². The fraction of sp³-hybridized carbons (Fsp3) is 0.625. The van der Waals surface area contributed by atoms with E-state index in [1.165, 1.54) is 42.5 Å². The van der Waals surface area contributed by atoms with E-state index >= 15 is 0 Å². The highest BCUT2D eigenvalue weighted by Crippen LogP contribution is 2.30. The van der Waals surface area contributed by atoms with Gasteiger partial charge in [0.25, 0.3) is 0 Å². The average molecular weight is 246 g/mol. The van der Waals surface area contributed by atoms with E-state index in [2.05, 4.69) is 42.3 Å². The van der Waals surface area contributed by atoms with Gasteiger partial charge in [-0.05, 0) is 45.4 Å². The lowest BCUT2D eigenvalue weighted by atomic mass is 10.1. The van der Waals surface area contributed by atoms with Crippen LogP contribution in [0.2, 0.25) is 0 Å². The van der Waals surface area contributed by atoms with Crippen molar-refractivity contribution in [3.05, 3.63) is 29.3 Å². The van der Waals surface area contributed by atoms with Crippen LogP contribution in [0, 0.1) is 6.92 Å². The van der Waals surface area contributed by atoms with Crippen molar-refractivity contribution in [2.24, 2.45) is 0 Å². The molecule has 0 radical (unpaired) electrons. The number of hydrogen-bond acceptors (Lipinski definition) is 2. The second-order valence-electron chi connectivity index (χ2n) is 5.39. The van der Waals surface area contributed by atoms with Crippen molar-refractivity contribution in [2.45, 2.75) is 52.1 Å². The van der Waals surface area contributed by atoms with E-state index in [9.17, 15) is 0 Å². The van der Waals surface area contributed by atoms with Gasteiger partial charge in [-0.25, -0.2) is 0 Å². The SMILES string of the molecule is CCN(c1ccc(C)cc1CNC)C1CCCC1. The Balaban J connectivity index is 2.28. The number of nitrogens with one attached hydrogen (secondary N) is 1. The van der Waals surface area contributed by atoms with Crippen molar-refractivity contribution in [2.75, 3.05) is 18.5 Å². The van der Waals surface area contributed by atoms with Crippen LogP contribution in [0.4, 0.5) is 5.69 Å². The molecule has 1 aromatic carbocycles. The second-order valence-corrected chi connectivity index (χ2v) is 5.39. The fourth-order valence-electron chi connectivity index (χ4n) is 3.17. The predicted molar refractivity (Wildman–Crippen MR) is 79.2 cm³/mol. The summed E-state index contributed by atoms with van der Waals surface area (Å²) in [6.45, 7) is 6.53. The molecule has 0 heterocycles. The molecule has 1 aliphatic carbocycles. The highest BCUT2D eigenvalue weighted by Gasteiger charge is 2.23. The van der Waals surface area contributed by atoms with Gasteiger partial charge >= 0.3 is 0 Å². The quantitative estimate of drug-likeness (QED) is 0.855. The minimum absolute atomic E-state index is 0.758. The molecule has 1 aliphatic rings. The van der Waals surface area contributed by atoms with Crippen molar-refractivity contribution >= 4 is 5.69 Å². The van der Waals surface area contributed by atoms with Crippen LogP contribution < -0.4 is 10.2 Å². The number of hydrogen-bond donors (Lipinski definition) is 1. The van der Waals surface area contributed by atoms with Gasteiger partial charge in [0.1, 0.15) is 0 Å². The summed E-state index contributed by atoms with van der Waals surface area (Å²) in [6, 6.07) is 7.63. The van der Waals surface area contributed by atoms with Crippen molar-refractivity contribution in [1.29, 1.82) is 0 Å². The molecule has 0 saturated heterocycles. The molecule has 1 aromatic rings. The summed E-state index contributed by atoms with van der Waals surface area (Å²) >= 11 is 0. The first kappa shape index (κ1) is 13.4. The van der Waals surface area contributed by atoms with Crippen LogP contribution in [0.25, 0.3) is 0 Å². The fourth-order valence-corrected chi connectivity index (χ4v) is 3.17. The predicted octanol–water partition coefficient (Wildman–Crippen LogP) is 3.48. The smallest absolute Gasteiger partial charge is 0.0414 e. The summed E-state index contributed by atoms with van der Waals surface area (Å²) in [5.74, 6) is 0. The first-order valence-corrected chi connectivity index (χ1v) is 7.27. The Kier molecular flexibility index (Phi) is 4.65. The van der Waals surface area contributed by atoms with E-state index in [4.69, 9.17) is 0 Å². The summed E-state index contributed by atoms with van der Waals surface area (Å²) in [7, 11) is 2.03. The maximum absolute atomic E-state index is 3.29. The molecule has 0 atom stereocenters. The van der Waals surface area contributed by atoms with Crippen molar-refractivity contribution < 1.29 is 0 Å². The van der Waals surface area contributed by atoms with Gasteiger partial charge in [-0.15, -0.1) is 0 Å². The molecule has 0 bridgehead atoms. The second kappa shape index (κ2) is 6.24. The summed E-state index contributed by atoms with van der Waals surface area (Å²) in [5.41, 5.74) is 4.22. The third-order valence-corrected chi connectivity index (χ3v) is 4.02. The highest BCUT2D eigenvalue weighted by atomic mass is 15.2. The van der Waals surface area contributed by atoms with Crippen molar-refractivity contribution in [1.82, 2.24) is 5.32 Å². The molecular formula is C16H26N2. The molecule has 0 aliphatic heterocycles. The number of rotatable bonds is 5. The molecule has 0 unspecified atom stereocenters. The Morgan fingerprint density at radius 2 is 2.00 bits per heavy atom. The zero-order valence-electron chi connectivity index (χ0n) is 12.0. The maximum atomic E-state index is 3.29. The van der Waals surface area contributed by atoms with Crippen molar-refractivity contribution in [3.63, 3.8) is 0 Å². The van der Waals surface area contributed by atoms with E-state index in [1.807, 2.05) is 7.05 Å². The van der Waals surface area contributed by atoms with Gasteiger partial charge < -0.3 is 10.2 Å². The molecule has 2 heteroatoms. The molecule has 1 N–H and O–H groups in total. The van der Waals surface area contributed by atoms with E-state index in [0.29, 0.717) is 0 Å². The van der Waals surface area contributed by atoms with Crippen LogP contribution in [0.1, 0.15) is 43.7 Å². The van der Waals surface area contributed by atoms with Gasteiger partial charge in [-0.2, -0.15) is 0 Å². The molecule has 0 aromatic heterocycles. The Morgan fingerprint density at radius 1 is 1.28 bits per heavy atom. The molecule has 0 spiro atoms. The van der Waals surface area contributed by atoms with Crippen LogP contribution in [0.15, 0.2) is 18.2 Å². The lowest BCUT2D eigenvalue weighted by molar-refractivity contribution is 0.615. The number of anilines is 1. The van der Waals surface area contributed by atoms with Crippen LogP contribution in [-0.4, -0.2) is 19.6 Å². The Labute approximate surface area is 111 Å². The van der Waals surface area contributed by atoms with E-state index in [0.717, 1.165) is 19.1 Å². The third-order valence-electron chi connectivity index (χ3n) is 4.02. The maximum Gasteiger partial charge on any atom is 0.0414 e. The van der Waals surface area contributed by atoms with Gasteiger partial charge in [0.05, 0.1) is 0 Å². The van der Waals surface area contributed by atoms with E-state index in [-0.39, 0.29) is 0 Å². The first-order valence-electron chi connectivity index (χ1n) is 7.27. The lowest BCUT2D eigenvalue weighted by Crippen LogP contribution is -2.34. The molecule has 100 valence electrons. The van der Waals surface area contributed by atoms with Gasteiger partial charge in [-0.1, -0.05) is 30.5 Å². The summed E-state index contributed by atoms with van der Waals surface area (Å²) < 4.78 is 0. The molecule has 1 fully saturated rings. The van der Waals surface area contributed by atoms with Gasteiger partial charge in [0, 0.05) is 24.8 Å². The molecule has 18 heavy (non-hydrogen) atoms.